The highest BCUT2D eigenvalue weighted by molar-refractivity contribution is 6.03. The van der Waals surface area contributed by atoms with Crippen LogP contribution in [0.1, 0.15) is 42.7 Å². The van der Waals surface area contributed by atoms with Gasteiger partial charge in [-0.15, -0.1) is 0 Å². The van der Waals surface area contributed by atoms with Gasteiger partial charge >= 0.3 is 5.97 Å². The summed E-state index contributed by atoms with van der Waals surface area (Å²) in [5.41, 5.74) is 3.11. The smallest absolute Gasteiger partial charge is 0.334 e. The first-order valence-corrected chi connectivity index (χ1v) is 9.37. The standard InChI is InChI=1S/C23H20FNO4/c1-12-20(23(28)29)21(14-3-2-4-17(26)9-14)22-18(25-12)10-15(11-19(22)27)13-5-7-16(24)8-6-13/h2-9,15,21,25-26H,10-11H2,1H3,(H,28,29). The Morgan fingerprint density at radius 1 is 1.10 bits per heavy atom. The predicted molar refractivity (Wildman–Crippen MR) is 105 cm³/mol. The van der Waals surface area contributed by atoms with Crippen LogP contribution in [-0.2, 0) is 9.59 Å². The molecule has 2 aliphatic rings. The number of dihydropyridines is 1. The number of carbonyl (C=O) groups excluding carboxylic acids is 1. The van der Waals surface area contributed by atoms with E-state index < -0.39 is 11.9 Å². The summed E-state index contributed by atoms with van der Waals surface area (Å²) in [4.78, 5) is 25.2. The topological polar surface area (TPSA) is 86.6 Å². The molecule has 0 bridgehead atoms. The van der Waals surface area contributed by atoms with Gasteiger partial charge in [0.15, 0.2) is 5.78 Å². The number of carboxylic acid groups (broad SMARTS) is 1. The zero-order valence-corrected chi connectivity index (χ0v) is 15.8. The van der Waals surface area contributed by atoms with Crippen LogP contribution in [0.15, 0.2) is 71.1 Å². The van der Waals surface area contributed by atoms with E-state index >= 15 is 0 Å². The first kappa shape index (κ1) is 18.9. The Bertz CT molecular complexity index is 1070. The summed E-state index contributed by atoms with van der Waals surface area (Å²) in [6.07, 6.45) is 0.736. The number of phenols is 1. The van der Waals surface area contributed by atoms with Crippen molar-refractivity contribution in [2.75, 3.05) is 0 Å². The molecular weight excluding hydrogens is 373 g/mol. The molecule has 3 N–H and O–H groups in total. The number of aromatic hydroxyl groups is 1. The average molecular weight is 393 g/mol. The Hall–Kier alpha value is -3.41. The number of Topliss-reactive ketones (excluding diaryl/α,β-unsaturated/α-hetero) is 1. The monoisotopic (exact) mass is 393 g/mol. The summed E-state index contributed by atoms with van der Waals surface area (Å²) < 4.78 is 13.3. The molecule has 0 saturated heterocycles. The first-order valence-electron chi connectivity index (χ1n) is 9.37. The molecule has 29 heavy (non-hydrogen) atoms. The van der Waals surface area contributed by atoms with Crippen LogP contribution >= 0.6 is 0 Å². The van der Waals surface area contributed by atoms with Gasteiger partial charge in [-0.25, -0.2) is 9.18 Å². The van der Waals surface area contributed by atoms with E-state index in [1.165, 1.54) is 24.3 Å². The summed E-state index contributed by atoms with van der Waals surface area (Å²) in [5.74, 6) is -2.44. The number of phenolic OH excluding ortho intramolecular Hbond substituents is 1. The van der Waals surface area contributed by atoms with Crippen molar-refractivity contribution in [2.24, 2.45) is 0 Å². The lowest BCUT2D eigenvalue weighted by atomic mass is 9.72. The van der Waals surface area contributed by atoms with E-state index in [-0.39, 0.29) is 35.3 Å². The maximum Gasteiger partial charge on any atom is 0.334 e. The van der Waals surface area contributed by atoms with Gasteiger partial charge < -0.3 is 15.5 Å². The van der Waals surface area contributed by atoms with Crippen LogP contribution in [0.2, 0.25) is 0 Å². The number of benzene rings is 2. The molecule has 2 aromatic rings. The van der Waals surface area contributed by atoms with Crippen molar-refractivity contribution in [3.05, 3.63) is 88.0 Å². The fourth-order valence-electron chi connectivity index (χ4n) is 4.33. The highest BCUT2D eigenvalue weighted by atomic mass is 19.1. The number of carboxylic acids is 1. The Kier molecular flexibility index (Phi) is 4.70. The molecule has 2 unspecified atom stereocenters. The van der Waals surface area contributed by atoms with E-state index in [1.54, 1.807) is 31.2 Å². The van der Waals surface area contributed by atoms with Gasteiger partial charge in [-0.3, -0.25) is 4.79 Å². The minimum atomic E-state index is -1.11. The number of rotatable bonds is 3. The van der Waals surface area contributed by atoms with Gasteiger partial charge in [-0.2, -0.15) is 0 Å². The lowest BCUT2D eigenvalue weighted by Crippen LogP contribution is -2.35. The van der Waals surface area contributed by atoms with Crippen molar-refractivity contribution < 1.29 is 24.2 Å². The maximum atomic E-state index is 13.3. The van der Waals surface area contributed by atoms with Crippen molar-refractivity contribution in [2.45, 2.75) is 31.6 Å². The Morgan fingerprint density at radius 2 is 1.83 bits per heavy atom. The van der Waals surface area contributed by atoms with Crippen LogP contribution < -0.4 is 5.32 Å². The number of hydrogen-bond donors (Lipinski definition) is 3. The van der Waals surface area contributed by atoms with Gasteiger partial charge in [0.1, 0.15) is 11.6 Å². The SMILES string of the molecule is CC1=C(C(=O)O)C(c2cccc(O)c2)C2=C(CC(c3ccc(F)cc3)CC2=O)N1. The molecule has 0 spiro atoms. The van der Waals surface area contributed by atoms with Gasteiger partial charge in [0, 0.05) is 29.3 Å². The molecule has 2 atom stereocenters. The third-order valence-corrected chi connectivity index (χ3v) is 5.60. The quantitative estimate of drug-likeness (QED) is 0.734. The summed E-state index contributed by atoms with van der Waals surface area (Å²) in [6.45, 7) is 1.68. The van der Waals surface area contributed by atoms with Crippen molar-refractivity contribution in [1.29, 1.82) is 0 Å². The minimum absolute atomic E-state index is 0.0121. The number of aliphatic carboxylic acids is 1. The summed E-state index contributed by atoms with van der Waals surface area (Å²) in [6, 6.07) is 12.5. The lowest BCUT2D eigenvalue weighted by molar-refractivity contribution is -0.133. The third kappa shape index (κ3) is 3.42. The molecule has 5 nitrogen and oxygen atoms in total. The van der Waals surface area contributed by atoms with Crippen LogP contribution in [0.25, 0.3) is 0 Å². The van der Waals surface area contributed by atoms with Crippen molar-refractivity contribution >= 4 is 11.8 Å². The number of ketones is 1. The zero-order valence-electron chi connectivity index (χ0n) is 15.8. The highest BCUT2D eigenvalue weighted by Crippen LogP contribution is 2.45. The first-order chi connectivity index (χ1) is 13.8. The predicted octanol–water partition coefficient (Wildman–Crippen LogP) is 3.98. The lowest BCUT2D eigenvalue weighted by Gasteiger charge is -2.36. The minimum Gasteiger partial charge on any atom is -0.508 e. The van der Waals surface area contributed by atoms with Crippen LogP contribution in [0.4, 0.5) is 4.39 Å². The summed E-state index contributed by atoms with van der Waals surface area (Å²) in [5, 5.41) is 22.8. The van der Waals surface area contributed by atoms with Gasteiger partial charge in [0.05, 0.1) is 5.57 Å². The number of nitrogens with one attached hydrogen (secondary N) is 1. The Morgan fingerprint density at radius 3 is 2.48 bits per heavy atom. The largest absolute Gasteiger partial charge is 0.508 e. The molecule has 1 aliphatic carbocycles. The second-order valence-electron chi connectivity index (χ2n) is 7.47. The van der Waals surface area contributed by atoms with Crippen LogP contribution in [0, 0.1) is 5.82 Å². The average Bonchev–Trinajstić information content (AvgIpc) is 2.67. The third-order valence-electron chi connectivity index (χ3n) is 5.60. The molecular formula is C23H20FNO4. The number of carbonyl (C=O) groups is 2. The van der Waals surface area contributed by atoms with Gasteiger partial charge in [-0.1, -0.05) is 24.3 Å². The van der Waals surface area contributed by atoms with Crippen molar-refractivity contribution in [3.63, 3.8) is 0 Å². The highest BCUT2D eigenvalue weighted by Gasteiger charge is 2.40. The second-order valence-corrected chi connectivity index (χ2v) is 7.47. The van der Waals surface area contributed by atoms with E-state index in [2.05, 4.69) is 5.32 Å². The summed E-state index contributed by atoms with van der Waals surface area (Å²) >= 11 is 0. The molecule has 0 radical (unpaired) electrons. The normalized spacial score (nSPS) is 21.7. The molecule has 0 fully saturated rings. The molecule has 1 heterocycles. The molecule has 148 valence electrons. The fourth-order valence-corrected chi connectivity index (χ4v) is 4.33. The van der Waals surface area contributed by atoms with E-state index in [0.29, 0.717) is 29.0 Å². The number of allylic oxidation sites excluding steroid dienone is 3. The molecule has 6 heteroatoms. The van der Waals surface area contributed by atoms with Crippen LogP contribution in [-0.4, -0.2) is 22.0 Å². The molecule has 0 aromatic heterocycles. The molecule has 2 aromatic carbocycles. The number of halogens is 1. The van der Waals surface area contributed by atoms with Gasteiger partial charge in [0.25, 0.3) is 0 Å². The van der Waals surface area contributed by atoms with E-state index in [1.807, 2.05) is 0 Å². The van der Waals surface area contributed by atoms with E-state index in [4.69, 9.17) is 0 Å². The Labute approximate surface area is 167 Å². The van der Waals surface area contributed by atoms with Crippen molar-refractivity contribution in [1.82, 2.24) is 5.32 Å². The van der Waals surface area contributed by atoms with Crippen LogP contribution in [0.5, 0.6) is 5.75 Å². The van der Waals surface area contributed by atoms with E-state index in [9.17, 15) is 24.2 Å². The second kappa shape index (κ2) is 7.20. The van der Waals surface area contributed by atoms with Crippen LogP contribution in [0.3, 0.4) is 0 Å². The molecule has 0 saturated carbocycles. The van der Waals surface area contributed by atoms with Gasteiger partial charge in [-0.05, 0) is 54.7 Å². The Balaban J connectivity index is 1.80. The molecule has 0 amide bonds. The maximum absolute atomic E-state index is 13.3. The van der Waals surface area contributed by atoms with E-state index in [0.717, 1.165) is 5.56 Å². The fraction of sp³-hybridized carbons (Fsp3) is 0.217. The molecule has 4 rings (SSSR count). The van der Waals surface area contributed by atoms with Crippen molar-refractivity contribution in [3.8, 4) is 5.75 Å². The van der Waals surface area contributed by atoms with Gasteiger partial charge in [0.2, 0.25) is 0 Å². The summed E-state index contributed by atoms with van der Waals surface area (Å²) in [7, 11) is 0. The zero-order chi connectivity index (χ0) is 20.7. The molecule has 1 aliphatic heterocycles. The number of hydrogen-bond acceptors (Lipinski definition) is 4.